The summed E-state index contributed by atoms with van der Waals surface area (Å²) in [5, 5.41) is 7.55. The minimum Gasteiger partial charge on any atom is -0.367 e. The van der Waals surface area contributed by atoms with Crippen molar-refractivity contribution in [1.82, 2.24) is 10.3 Å². The number of carbonyl (C=O) groups is 1. The van der Waals surface area contributed by atoms with E-state index in [1.54, 1.807) is 13.0 Å². The molecule has 33 heavy (non-hydrogen) atoms. The molecule has 0 spiro atoms. The van der Waals surface area contributed by atoms with Gasteiger partial charge in [0.05, 0.1) is 17.1 Å². The SMILES string of the molecule is Cc1cc(N[C@H]2CC[C@@H](C(=O)N[C@H](C)c3cccc(C(F)(F)F)c3)CC2)nc2ccccc12. The number of pyridine rings is 1. The van der Waals surface area contributed by atoms with Crippen molar-refractivity contribution in [1.29, 1.82) is 0 Å². The molecule has 0 saturated heterocycles. The number of aryl methyl sites for hydroxylation is 1. The van der Waals surface area contributed by atoms with Crippen molar-refractivity contribution < 1.29 is 18.0 Å². The first-order valence-corrected chi connectivity index (χ1v) is 11.3. The zero-order chi connectivity index (χ0) is 23.6. The van der Waals surface area contributed by atoms with Crippen molar-refractivity contribution >= 4 is 22.6 Å². The third-order valence-electron chi connectivity index (χ3n) is 6.45. The third kappa shape index (κ3) is 5.46. The highest BCUT2D eigenvalue weighted by Gasteiger charge is 2.31. The molecule has 3 aromatic rings. The summed E-state index contributed by atoms with van der Waals surface area (Å²) in [6.45, 7) is 3.79. The Balaban J connectivity index is 1.32. The van der Waals surface area contributed by atoms with Crippen molar-refractivity contribution in [3.63, 3.8) is 0 Å². The van der Waals surface area contributed by atoms with E-state index in [9.17, 15) is 18.0 Å². The fourth-order valence-electron chi connectivity index (χ4n) is 4.53. The van der Waals surface area contributed by atoms with E-state index >= 15 is 0 Å². The molecule has 1 atom stereocenters. The minimum absolute atomic E-state index is 0.0990. The standard InChI is InChI=1S/C26H28F3N3O/c1-16-14-24(32-23-9-4-3-8-22(16)23)31-21-12-10-18(11-13-21)25(33)30-17(2)19-6-5-7-20(15-19)26(27,28)29/h3-9,14-15,17-18,21H,10-13H2,1-2H3,(H,30,33)(H,31,32)/t17-,18-,21+/m1/s1. The van der Waals surface area contributed by atoms with E-state index in [-0.39, 0.29) is 17.9 Å². The number of benzene rings is 2. The van der Waals surface area contributed by atoms with E-state index in [1.165, 1.54) is 11.6 Å². The number of halogens is 3. The fraction of sp³-hybridized carbons (Fsp3) is 0.385. The van der Waals surface area contributed by atoms with Gasteiger partial charge in [0.25, 0.3) is 0 Å². The number of hydrogen-bond donors (Lipinski definition) is 2. The second-order valence-electron chi connectivity index (χ2n) is 8.89. The van der Waals surface area contributed by atoms with Crippen LogP contribution >= 0.6 is 0 Å². The molecule has 1 saturated carbocycles. The van der Waals surface area contributed by atoms with Crippen LogP contribution in [-0.2, 0) is 11.0 Å². The molecule has 1 aliphatic carbocycles. The van der Waals surface area contributed by atoms with Crippen LogP contribution in [0.25, 0.3) is 10.9 Å². The summed E-state index contributed by atoms with van der Waals surface area (Å²) in [6.07, 6.45) is -1.27. The van der Waals surface area contributed by atoms with E-state index in [0.29, 0.717) is 5.56 Å². The lowest BCUT2D eigenvalue weighted by molar-refractivity contribution is -0.137. The monoisotopic (exact) mass is 455 g/mol. The molecule has 1 aliphatic rings. The molecular weight excluding hydrogens is 427 g/mol. The van der Waals surface area contributed by atoms with Crippen LogP contribution in [-0.4, -0.2) is 16.9 Å². The first kappa shape index (κ1) is 23.1. The van der Waals surface area contributed by atoms with Gasteiger partial charge in [0, 0.05) is 17.3 Å². The molecule has 0 radical (unpaired) electrons. The van der Waals surface area contributed by atoms with E-state index < -0.39 is 17.8 Å². The number of nitrogens with zero attached hydrogens (tertiary/aromatic N) is 1. The number of para-hydroxylation sites is 1. The van der Waals surface area contributed by atoms with Gasteiger partial charge in [0.2, 0.25) is 5.91 Å². The van der Waals surface area contributed by atoms with E-state index in [0.717, 1.165) is 54.5 Å². The van der Waals surface area contributed by atoms with Crippen LogP contribution in [0.15, 0.2) is 54.6 Å². The van der Waals surface area contributed by atoms with Gasteiger partial charge in [-0.05, 0) is 74.9 Å². The molecule has 2 aromatic carbocycles. The van der Waals surface area contributed by atoms with E-state index in [1.807, 2.05) is 18.2 Å². The summed E-state index contributed by atoms with van der Waals surface area (Å²) in [7, 11) is 0. The number of rotatable bonds is 5. The molecule has 0 aliphatic heterocycles. The topological polar surface area (TPSA) is 54.0 Å². The number of carbonyl (C=O) groups excluding carboxylic acids is 1. The number of anilines is 1. The van der Waals surface area contributed by atoms with Crippen molar-refractivity contribution in [3.8, 4) is 0 Å². The zero-order valence-corrected chi connectivity index (χ0v) is 18.7. The summed E-state index contributed by atoms with van der Waals surface area (Å²) in [6, 6.07) is 15.0. The van der Waals surface area contributed by atoms with Gasteiger partial charge in [-0.2, -0.15) is 13.2 Å². The lowest BCUT2D eigenvalue weighted by Crippen LogP contribution is -2.37. The average molecular weight is 456 g/mol. The maximum atomic E-state index is 13.0. The Morgan fingerprint density at radius 2 is 1.76 bits per heavy atom. The number of alkyl halides is 3. The molecule has 1 fully saturated rings. The van der Waals surface area contributed by atoms with Gasteiger partial charge in [-0.3, -0.25) is 4.79 Å². The molecule has 0 unspecified atom stereocenters. The highest BCUT2D eigenvalue weighted by atomic mass is 19.4. The Morgan fingerprint density at radius 1 is 1.03 bits per heavy atom. The van der Waals surface area contributed by atoms with Crippen LogP contribution in [0.5, 0.6) is 0 Å². The maximum Gasteiger partial charge on any atom is 0.416 e. The Kier molecular flexibility index (Phi) is 6.58. The predicted molar refractivity (Wildman–Crippen MR) is 124 cm³/mol. The summed E-state index contributed by atoms with van der Waals surface area (Å²) in [4.78, 5) is 17.5. The van der Waals surface area contributed by atoms with Crippen LogP contribution in [0, 0.1) is 12.8 Å². The first-order chi connectivity index (χ1) is 15.7. The third-order valence-corrected chi connectivity index (χ3v) is 6.45. The molecule has 1 heterocycles. The number of hydrogen-bond acceptors (Lipinski definition) is 3. The molecule has 0 bridgehead atoms. The molecule has 174 valence electrons. The van der Waals surface area contributed by atoms with Gasteiger partial charge in [-0.25, -0.2) is 4.98 Å². The summed E-state index contributed by atoms with van der Waals surface area (Å²) >= 11 is 0. The van der Waals surface area contributed by atoms with Gasteiger partial charge in [-0.15, -0.1) is 0 Å². The summed E-state index contributed by atoms with van der Waals surface area (Å²) < 4.78 is 38.9. The second kappa shape index (κ2) is 9.41. The van der Waals surface area contributed by atoms with Gasteiger partial charge < -0.3 is 10.6 Å². The molecule has 4 nitrogen and oxygen atoms in total. The summed E-state index contributed by atoms with van der Waals surface area (Å²) in [5.74, 6) is 0.609. The molecule has 4 rings (SSSR count). The van der Waals surface area contributed by atoms with E-state index in [2.05, 4.69) is 29.7 Å². The number of aromatic nitrogens is 1. The average Bonchev–Trinajstić information content (AvgIpc) is 2.79. The Hall–Kier alpha value is -3.09. The predicted octanol–water partition coefficient (Wildman–Crippen LogP) is 6.41. The van der Waals surface area contributed by atoms with Crippen molar-refractivity contribution in [3.05, 3.63) is 71.3 Å². The maximum absolute atomic E-state index is 13.0. The lowest BCUT2D eigenvalue weighted by Gasteiger charge is -2.30. The van der Waals surface area contributed by atoms with Gasteiger partial charge in [-0.1, -0.05) is 30.3 Å². The first-order valence-electron chi connectivity index (χ1n) is 11.3. The van der Waals surface area contributed by atoms with Crippen LogP contribution in [0.4, 0.5) is 19.0 Å². The smallest absolute Gasteiger partial charge is 0.367 e. The molecule has 1 aromatic heterocycles. The van der Waals surface area contributed by atoms with Gasteiger partial charge in [0.15, 0.2) is 0 Å². The van der Waals surface area contributed by atoms with E-state index in [4.69, 9.17) is 4.98 Å². The highest BCUT2D eigenvalue weighted by Crippen LogP contribution is 2.32. The number of fused-ring (bicyclic) bond motifs is 1. The molecule has 1 amide bonds. The molecule has 7 heteroatoms. The normalized spacial score (nSPS) is 19.8. The Bertz CT molecular complexity index is 1140. The largest absolute Gasteiger partial charge is 0.416 e. The van der Waals surface area contributed by atoms with Crippen LogP contribution in [0.2, 0.25) is 0 Å². The second-order valence-corrected chi connectivity index (χ2v) is 8.89. The van der Waals surface area contributed by atoms with Gasteiger partial charge >= 0.3 is 6.18 Å². The molecular formula is C26H28F3N3O. The van der Waals surface area contributed by atoms with Crippen molar-refractivity contribution in [2.24, 2.45) is 5.92 Å². The lowest BCUT2D eigenvalue weighted by atomic mass is 9.85. The summed E-state index contributed by atoms with van der Waals surface area (Å²) in [5.41, 5.74) is 1.87. The highest BCUT2D eigenvalue weighted by molar-refractivity contribution is 5.83. The van der Waals surface area contributed by atoms with Crippen LogP contribution in [0.3, 0.4) is 0 Å². The Labute approximate surface area is 191 Å². The zero-order valence-electron chi connectivity index (χ0n) is 18.7. The fourth-order valence-corrected chi connectivity index (χ4v) is 4.53. The number of nitrogens with one attached hydrogen (secondary N) is 2. The van der Waals surface area contributed by atoms with Crippen molar-refractivity contribution in [2.45, 2.75) is 57.8 Å². The Morgan fingerprint density at radius 3 is 2.48 bits per heavy atom. The van der Waals surface area contributed by atoms with Gasteiger partial charge in [0.1, 0.15) is 5.82 Å². The molecule has 2 N–H and O–H groups in total. The van der Waals surface area contributed by atoms with Crippen molar-refractivity contribution in [2.75, 3.05) is 5.32 Å². The quantitative estimate of drug-likeness (QED) is 0.467. The minimum atomic E-state index is -4.40. The van der Waals surface area contributed by atoms with Crippen LogP contribution < -0.4 is 10.6 Å². The van der Waals surface area contributed by atoms with Crippen LogP contribution in [0.1, 0.15) is 55.3 Å². The number of amides is 1.